The topological polar surface area (TPSA) is 60.5 Å². The number of hydrogen-bond acceptors (Lipinski definition) is 6. The third-order valence-electron chi connectivity index (χ3n) is 4.21. The number of likely N-dealkylation sites (N-methyl/N-ethyl adjacent to an activating group) is 2. The fraction of sp³-hybridized carbons (Fsp3) is 0.875. The minimum absolute atomic E-state index is 0.479. The van der Waals surface area contributed by atoms with Crippen LogP contribution in [0.5, 0.6) is 0 Å². The minimum atomic E-state index is 0.479. The van der Waals surface area contributed by atoms with E-state index in [2.05, 4.69) is 45.8 Å². The molecule has 0 N–H and O–H groups in total. The van der Waals surface area contributed by atoms with Crippen LogP contribution in [0.4, 0.5) is 0 Å². The molecule has 0 unspecified atom stereocenters. The summed E-state index contributed by atoms with van der Waals surface area (Å²) in [7, 11) is 4.34. The number of nitrogens with zero attached hydrogens (tertiary/aromatic N) is 6. The third-order valence-corrected chi connectivity index (χ3v) is 4.21. The summed E-state index contributed by atoms with van der Waals surface area (Å²) in [5.74, 6) is 0. The van der Waals surface area contributed by atoms with Gasteiger partial charge in [-0.05, 0) is 40.0 Å². The van der Waals surface area contributed by atoms with E-state index in [0.29, 0.717) is 13.1 Å². The SMILES string of the molecule is CN1CCCN(CC#N)CCN(CC#N)CCCN(C)CC1. The van der Waals surface area contributed by atoms with E-state index in [0.717, 1.165) is 65.2 Å². The fourth-order valence-electron chi connectivity index (χ4n) is 2.72. The summed E-state index contributed by atoms with van der Waals surface area (Å²) in [4.78, 5) is 9.15. The second-order valence-corrected chi connectivity index (χ2v) is 6.18. The number of nitriles is 2. The first-order valence-corrected chi connectivity index (χ1v) is 8.21. The fourth-order valence-corrected chi connectivity index (χ4v) is 2.72. The van der Waals surface area contributed by atoms with Crippen molar-refractivity contribution < 1.29 is 0 Å². The normalized spacial score (nSPS) is 22.5. The summed E-state index contributed by atoms with van der Waals surface area (Å²) in [6, 6.07) is 4.52. The van der Waals surface area contributed by atoms with Crippen LogP contribution in [0.3, 0.4) is 0 Å². The summed E-state index contributed by atoms with van der Waals surface area (Å²) in [5.41, 5.74) is 0. The van der Waals surface area contributed by atoms with Crippen LogP contribution in [-0.4, -0.2) is 99.1 Å². The molecule has 1 heterocycles. The molecule has 1 saturated heterocycles. The average molecular weight is 306 g/mol. The molecule has 22 heavy (non-hydrogen) atoms. The molecule has 0 atom stereocenters. The van der Waals surface area contributed by atoms with Gasteiger partial charge in [-0.25, -0.2) is 0 Å². The van der Waals surface area contributed by atoms with Crippen LogP contribution in [0.15, 0.2) is 0 Å². The van der Waals surface area contributed by atoms with Crippen molar-refractivity contribution in [3.63, 3.8) is 0 Å². The highest BCUT2D eigenvalue weighted by atomic mass is 15.2. The summed E-state index contributed by atoms with van der Waals surface area (Å²) in [6.07, 6.45) is 2.17. The van der Waals surface area contributed by atoms with Crippen LogP contribution in [0.25, 0.3) is 0 Å². The van der Waals surface area contributed by atoms with Gasteiger partial charge < -0.3 is 9.80 Å². The molecule has 124 valence electrons. The molecule has 0 aliphatic carbocycles. The lowest BCUT2D eigenvalue weighted by Gasteiger charge is -2.28. The lowest BCUT2D eigenvalue weighted by atomic mass is 10.3. The molecule has 0 bridgehead atoms. The summed E-state index contributed by atoms with van der Waals surface area (Å²) < 4.78 is 0. The van der Waals surface area contributed by atoms with Crippen LogP contribution < -0.4 is 0 Å². The third kappa shape index (κ3) is 8.31. The molecule has 1 aliphatic heterocycles. The van der Waals surface area contributed by atoms with Gasteiger partial charge in [-0.2, -0.15) is 10.5 Å². The van der Waals surface area contributed by atoms with Gasteiger partial charge in [0.2, 0.25) is 0 Å². The molecular weight excluding hydrogens is 276 g/mol. The second kappa shape index (κ2) is 11.4. The first-order chi connectivity index (χ1) is 10.7. The van der Waals surface area contributed by atoms with Crippen molar-refractivity contribution in [2.45, 2.75) is 12.8 Å². The van der Waals surface area contributed by atoms with Gasteiger partial charge in [-0.3, -0.25) is 9.80 Å². The highest BCUT2D eigenvalue weighted by Crippen LogP contribution is 2.00. The van der Waals surface area contributed by atoms with Gasteiger partial charge in [-0.15, -0.1) is 0 Å². The van der Waals surface area contributed by atoms with Crippen molar-refractivity contribution >= 4 is 0 Å². The van der Waals surface area contributed by atoms with Gasteiger partial charge in [0.1, 0.15) is 0 Å². The van der Waals surface area contributed by atoms with Crippen molar-refractivity contribution in [1.29, 1.82) is 10.5 Å². The Bertz CT molecular complexity index is 336. The predicted molar refractivity (Wildman–Crippen MR) is 88.3 cm³/mol. The summed E-state index contributed by atoms with van der Waals surface area (Å²) in [6.45, 7) is 8.90. The molecule has 0 spiro atoms. The lowest BCUT2D eigenvalue weighted by molar-refractivity contribution is 0.192. The standard InChI is InChI=1S/C16H30N6/c1-19-7-3-9-21(11-5-17)15-16-22(12-6-18)10-4-8-20(2)14-13-19/h3-4,7-16H2,1-2H3. The molecule has 1 rings (SSSR count). The smallest absolute Gasteiger partial charge is 0.0866 e. The lowest BCUT2D eigenvalue weighted by Crippen LogP contribution is -2.39. The Labute approximate surface area is 135 Å². The first-order valence-electron chi connectivity index (χ1n) is 8.21. The second-order valence-electron chi connectivity index (χ2n) is 6.18. The maximum atomic E-state index is 8.97. The van der Waals surface area contributed by atoms with E-state index in [9.17, 15) is 0 Å². The van der Waals surface area contributed by atoms with Crippen LogP contribution in [0.1, 0.15) is 12.8 Å². The molecule has 0 aromatic carbocycles. The Morgan fingerprint density at radius 3 is 1.41 bits per heavy atom. The molecule has 0 radical (unpaired) electrons. The van der Waals surface area contributed by atoms with Crippen LogP contribution in [-0.2, 0) is 0 Å². The highest BCUT2D eigenvalue weighted by Gasteiger charge is 2.11. The van der Waals surface area contributed by atoms with Gasteiger partial charge in [0.05, 0.1) is 25.2 Å². The van der Waals surface area contributed by atoms with Crippen molar-refractivity contribution in [2.24, 2.45) is 0 Å². The molecule has 0 aromatic rings. The molecule has 0 aromatic heterocycles. The molecule has 0 saturated carbocycles. The quantitative estimate of drug-likeness (QED) is 0.684. The zero-order valence-corrected chi connectivity index (χ0v) is 14.2. The van der Waals surface area contributed by atoms with Crippen LogP contribution in [0, 0.1) is 22.7 Å². The molecular formula is C16H30N6. The van der Waals surface area contributed by atoms with E-state index in [4.69, 9.17) is 10.5 Å². The largest absolute Gasteiger partial charge is 0.305 e. The van der Waals surface area contributed by atoms with Crippen molar-refractivity contribution in [3.8, 4) is 12.1 Å². The van der Waals surface area contributed by atoms with Gasteiger partial charge in [0.25, 0.3) is 0 Å². The summed E-state index contributed by atoms with van der Waals surface area (Å²) >= 11 is 0. The zero-order chi connectivity index (χ0) is 16.2. The van der Waals surface area contributed by atoms with E-state index in [-0.39, 0.29) is 0 Å². The maximum Gasteiger partial charge on any atom is 0.0866 e. The van der Waals surface area contributed by atoms with Gasteiger partial charge in [-0.1, -0.05) is 0 Å². The summed E-state index contributed by atoms with van der Waals surface area (Å²) in [5, 5.41) is 17.9. The molecule has 1 fully saturated rings. The van der Waals surface area contributed by atoms with E-state index in [1.54, 1.807) is 0 Å². The molecule has 6 heteroatoms. The van der Waals surface area contributed by atoms with Crippen LogP contribution >= 0.6 is 0 Å². The Morgan fingerprint density at radius 1 is 0.636 bits per heavy atom. The van der Waals surface area contributed by atoms with Gasteiger partial charge in [0, 0.05) is 39.3 Å². The highest BCUT2D eigenvalue weighted by molar-refractivity contribution is 4.80. The minimum Gasteiger partial charge on any atom is -0.305 e. The van der Waals surface area contributed by atoms with Crippen molar-refractivity contribution in [1.82, 2.24) is 19.6 Å². The number of hydrogen-bond donors (Lipinski definition) is 0. The Morgan fingerprint density at radius 2 is 1.05 bits per heavy atom. The van der Waals surface area contributed by atoms with E-state index in [1.165, 1.54) is 0 Å². The zero-order valence-electron chi connectivity index (χ0n) is 14.2. The van der Waals surface area contributed by atoms with E-state index >= 15 is 0 Å². The van der Waals surface area contributed by atoms with Gasteiger partial charge >= 0.3 is 0 Å². The van der Waals surface area contributed by atoms with E-state index < -0.39 is 0 Å². The Kier molecular flexibility index (Phi) is 9.77. The Hall–Kier alpha value is -1.18. The number of rotatable bonds is 2. The Balaban J connectivity index is 2.57. The van der Waals surface area contributed by atoms with Crippen molar-refractivity contribution in [3.05, 3.63) is 0 Å². The molecule has 6 nitrogen and oxygen atoms in total. The van der Waals surface area contributed by atoms with Crippen LogP contribution in [0.2, 0.25) is 0 Å². The van der Waals surface area contributed by atoms with Crippen molar-refractivity contribution in [2.75, 3.05) is 79.5 Å². The average Bonchev–Trinajstić information content (AvgIpc) is 2.49. The monoisotopic (exact) mass is 306 g/mol. The maximum absolute atomic E-state index is 8.97. The predicted octanol–water partition coefficient (Wildman–Crippen LogP) is 0.295. The van der Waals surface area contributed by atoms with Gasteiger partial charge in [0.15, 0.2) is 0 Å². The van der Waals surface area contributed by atoms with E-state index in [1.807, 2.05) is 0 Å². The molecule has 1 aliphatic rings. The first kappa shape index (κ1) is 18.9. The molecule has 0 amide bonds.